The Hall–Kier alpha value is -1.81. The number of ether oxygens (including phenoxy) is 2. The zero-order valence-electron chi connectivity index (χ0n) is 11.7. The highest BCUT2D eigenvalue weighted by Gasteiger charge is 2.45. The number of imidazole rings is 1. The Bertz CT molecular complexity index is 667. The third-order valence-electron chi connectivity index (χ3n) is 3.25. The van der Waals surface area contributed by atoms with Crippen LogP contribution < -0.4 is 5.73 Å². The lowest BCUT2D eigenvalue weighted by Gasteiger charge is -2.19. The van der Waals surface area contributed by atoms with Crippen molar-refractivity contribution in [1.82, 2.24) is 19.5 Å². The topological polar surface area (TPSA) is 129 Å². The van der Waals surface area contributed by atoms with E-state index < -0.39 is 31.1 Å². The second-order valence-electron chi connectivity index (χ2n) is 4.34. The van der Waals surface area contributed by atoms with Gasteiger partial charge in [0.25, 0.3) is 0 Å². The largest absolute Gasteiger partial charge is 0.394 e. The van der Waals surface area contributed by atoms with E-state index in [1.807, 2.05) is 0 Å². The highest BCUT2D eigenvalue weighted by molar-refractivity contribution is 5.81. The minimum absolute atomic E-state index is 0.198. The summed E-state index contributed by atoms with van der Waals surface area (Å²) < 4.78 is 20.4. The molecule has 0 aromatic carbocycles. The average Bonchev–Trinajstić information content (AvgIpc) is 3.01. The van der Waals surface area contributed by atoms with E-state index in [2.05, 4.69) is 15.0 Å². The molecule has 9 heteroatoms. The molecule has 0 unspecified atom stereocenters. The number of methoxy groups -OCH3 is 1. The quantitative estimate of drug-likeness (QED) is 0.632. The number of nitrogens with two attached hydrogens (primary N) is 1. The van der Waals surface area contributed by atoms with E-state index in [0.29, 0.717) is 11.2 Å². The SMILES string of the molecule is [2H][C@@]1(OC)[C@H](O)[C@@H](CO)O[C@H]1n1cnc2c(N)ncnc21. The van der Waals surface area contributed by atoms with Crippen molar-refractivity contribution >= 4 is 17.0 Å². The van der Waals surface area contributed by atoms with Crippen molar-refractivity contribution in [2.45, 2.75) is 24.5 Å². The predicted octanol–water partition coefficient (Wildman–Crippen LogP) is -1.33. The second-order valence-corrected chi connectivity index (χ2v) is 4.34. The van der Waals surface area contributed by atoms with Crippen LogP contribution in [0.2, 0.25) is 0 Å². The first-order valence-electron chi connectivity index (χ1n) is 6.45. The van der Waals surface area contributed by atoms with Gasteiger partial charge in [-0.3, -0.25) is 4.57 Å². The summed E-state index contributed by atoms with van der Waals surface area (Å²) >= 11 is 0. The lowest BCUT2D eigenvalue weighted by atomic mass is 10.1. The Morgan fingerprint density at radius 3 is 3.05 bits per heavy atom. The number of nitrogens with zero attached hydrogens (tertiary/aromatic N) is 4. The van der Waals surface area contributed by atoms with Crippen molar-refractivity contribution in [3.05, 3.63) is 12.7 Å². The first-order chi connectivity index (χ1) is 10.0. The summed E-state index contributed by atoms with van der Waals surface area (Å²) in [6, 6.07) is 0. The molecule has 2 aromatic rings. The average molecular weight is 282 g/mol. The zero-order valence-corrected chi connectivity index (χ0v) is 10.7. The van der Waals surface area contributed by atoms with Crippen molar-refractivity contribution in [1.29, 1.82) is 0 Å². The van der Waals surface area contributed by atoms with Crippen molar-refractivity contribution < 1.29 is 21.1 Å². The zero-order chi connectivity index (χ0) is 15.2. The van der Waals surface area contributed by atoms with Gasteiger partial charge in [0.1, 0.15) is 30.1 Å². The van der Waals surface area contributed by atoms with Gasteiger partial charge in [0.2, 0.25) is 0 Å². The van der Waals surface area contributed by atoms with Crippen LogP contribution in [-0.2, 0) is 9.47 Å². The summed E-state index contributed by atoms with van der Waals surface area (Å²) in [4.78, 5) is 12.0. The van der Waals surface area contributed by atoms with Crippen LogP contribution in [0.3, 0.4) is 0 Å². The third kappa shape index (κ3) is 1.83. The number of anilines is 1. The molecule has 108 valence electrons. The molecule has 1 fully saturated rings. The maximum absolute atomic E-state index is 10.1. The van der Waals surface area contributed by atoms with Gasteiger partial charge in [-0.15, -0.1) is 0 Å². The summed E-state index contributed by atoms with van der Waals surface area (Å²) in [7, 11) is 1.29. The number of hydrogen-bond donors (Lipinski definition) is 3. The smallest absolute Gasteiger partial charge is 0.167 e. The molecule has 2 aromatic heterocycles. The number of aromatic nitrogens is 4. The summed E-state index contributed by atoms with van der Waals surface area (Å²) in [5, 5.41) is 19.4. The molecule has 1 saturated heterocycles. The Kier molecular flexibility index (Phi) is 2.96. The molecular formula is C11H15N5O4. The molecule has 0 aliphatic carbocycles. The third-order valence-corrected chi connectivity index (χ3v) is 3.25. The number of nitrogen functional groups attached to an aromatic ring is 1. The van der Waals surface area contributed by atoms with Gasteiger partial charge in [0.15, 0.2) is 17.7 Å². The summed E-state index contributed by atoms with van der Waals surface area (Å²) in [6.45, 7) is -0.439. The number of aliphatic hydroxyl groups is 2. The number of hydrogen-bond acceptors (Lipinski definition) is 8. The first-order valence-corrected chi connectivity index (χ1v) is 5.95. The molecule has 4 N–H and O–H groups in total. The van der Waals surface area contributed by atoms with Crippen molar-refractivity contribution in [3.63, 3.8) is 0 Å². The summed E-state index contributed by atoms with van der Waals surface area (Å²) in [5.41, 5.74) is 6.43. The fraction of sp³-hybridized carbons (Fsp3) is 0.545. The van der Waals surface area contributed by atoms with Gasteiger partial charge >= 0.3 is 0 Å². The van der Waals surface area contributed by atoms with Crippen LogP contribution in [0.4, 0.5) is 5.82 Å². The Labute approximate surface area is 115 Å². The molecular weight excluding hydrogens is 266 g/mol. The van der Waals surface area contributed by atoms with Crippen molar-refractivity contribution in [3.8, 4) is 0 Å². The molecule has 0 bridgehead atoms. The fourth-order valence-corrected chi connectivity index (χ4v) is 2.25. The van der Waals surface area contributed by atoms with Crippen LogP contribution in [-0.4, -0.2) is 61.7 Å². The molecule has 20 heavy (non-hydrogen) atoms. The molecule has 0 saturated carbocycles. The molecule has 0 spiro atoms. The molecule has 3 rings (SSSR count). The van der Waals surface area contributed by atoms with E-state index >= 15 is 0 Å². The lowest BCUT2D eigenvalue weighted by molar-refractivity contribution is -0.0583. The molecule has 0 radical (unpaired) electrons. The monoisotopic (exact) mass is 282 g/mol. The Morgan fingerprint density at radius 2 is 2.35 bits per heavy atom. The standard InChI is InChI=1S/C11H15N5O4/c1-19-8-7(18)5(2-17)20-11(8)16-4-15-6-9(12)13-3-14-10(6)16/h3-5,7-8,11,17-18H,2H2,1H3,(H2,12,13,14)/t5-,7-,8-,11-/m1/s1/i8D. The van der Waals surface area contributed by atoms with Crippen LogP contribution in [0.5, 0.6) is 0 Å². The van der Waals surface area contributed by atoms with Gasteiger partial charge < -0.3 is 25.4 Å². The fourth-order valence-electron chi connectivity index (χ4n) is 2.25. The predicted molar refractivity (Wildman–Crippen MR) is 67.5 cm³/mol. The highest BCUT2D eigenvalue weighted by atomic mass is 16.6. The molecule has 4 atom stereocenters. The molecule has 3 heterocycles. The Morgan fingerprint density at radius 1 is 1.55 bits per heavy atom. The van der Waals surface area contributed by atoms with Crippen LogP contribution in [0, 0.1) is 0 Å². The van der Waals surface area contributed by atoms with E-state index in [-0.39, 0.29) is 5.82 Å². The van der Waals surface area contributed by atoms with Gasteiger partial charge in [-0.25, -0.2) is 15.0 Å². The van der Waals surface area contributed by atoms with Gasteiger partial charge in [0.05, 0.1) is 14.3 Å². The van der Waals surface area contributed by atoms with Gasteiger partial charge in [-0.2, -0.15) is 0 Å². The summed E-state index contributed by atoms with van der Waals surface area (Å²) in [5.74, 6) is 0.198. The number of aliphatic hydroxyl groups excluding tert-OH is 2. The van der Waals surface area contributed by atoms with Gasteiger partial charge in [-0.1, -0.05) is 0 Å². The normalized spacial score (nSPS) is 34.5. The minimum atomic E-state index is -1.80. The van der Waals surface area contributed by atoms with Gasteiger partial charge in [-0.05, 0) is 0 Å². The molecule has 0 amide bonds. The highest BCUT2D eigenvalue weighted by Crippen LogP contribution is 2.33. The van der Waals surface area contributed by atoms with E-state index in [4.69, 9.17) is 16.6 Å². The van der Waals surface area contributed by atoms with E-state index in [1.54, 1.807) is 0 Å². The second kappa shape index (κ2) is 4.94. The van der Waals surface area contributed by atoms with Crippen molar-refractivity contribution in [2.75, 3.05) is 19.5 Å². The van der Waals surface area contributed by atoms with E-state index in [9.17, 15) is 10.2 Å². The lowest BCUT2D eigenvalue weighted by Crippen LogP contribution is -2.34. The van der Waals surface area contributed by atoms with E-state index in [1.165, 1.54) is 24.3 Å². The number of fused-ring (bicyclic) bond motifs is 1. The van der Waals surface area contributed by atoms with Crippen LogP contribution in [0.1, 0.15) is 7.60 Å². The van der Waals surface area contributed by atoms with Crippen LogP contribution in [0.25, 0.3) is 11.2 Å². The van der Waals surface area contributed by atoms with Gasteiger partial charge in [0, 0.05) is 7.11 Å². The maximum atomic E-state index is 10.1. The molecule has 1 aliphatic heterocycles. The minimum Gasteiger partial charge on any atom is -0.394 e. The van der Waals surface area contributed by atoms with Crippen LogP contribution in [0.15, 0.2) is 12.7 Å². The van der Waals surface area contributed by atoms with Crippen molar-refractivity contribution in [2.24, 2.45) is 0 Å². The first kappa shape index (κ1) is 12.0. The molecule has 9 nitrogen and oxygen atoms in total. The van der Waals surface area contributed by atoms with Crippen LogP contribution >= 0.6 is 0 Å². The number of rotatable bonds is 3. The Balaban J connectivity index is 2.11. The molecule has 1 aliphatic rings. The summed E-state index contributed by atoms with van der Waals surface area (Å²) in [6.07, 6.45) is -2.45. The van der Waals surface area contributed by atoms with E-state index in [0.717, 1.165) is 0 Å². The maximum Gasteiger partial charge on any atom is 0.167 e.